The Balaban J connectivity index is 1.86. The van der Waals surface area contributed by atoms with Crippen LogP contribution in [0.2, 0.25) is 5.02 Å². The molecule has 1 aromatic heterocycles. The van der Waals surface area contributed by atoms with Crippen LogP contribution in [0.4, 0.5) is 16.2 Å². The van der Waals surface area contributed by atoms with Crippen molar-refractivity contribution in [3.63, 3.8) is 0 Å². The molecule has 0 aliphatic carbocycles. The van der Waals surface area contributed by atoms with E-state index in [1.54, 1.807) is 26.3 Å². The number of halogens is 2. The summed E-state index contributed by atoms with van der Waals surface area (Å²) < 4.78 is 7.78. The minimum Gasteiger partial charge on any atom is -0.495 e. The van der Waals surface area contributed by atoms with Gasteiger partial charge in [-0.2, -0.15) is 5.10 Å². The molecular weight excluding hydrogens is 420 g/mol. The fraction of sp³-hybridized carbons (Fsp3) is 0.222. The van der Waals surface area contributed by atoms with Gasteiger partial charge in [-0.05, 0) is 47.1 Å². The largest absolute Gasteiger partial charge is 0.495 e. The van der Waals surface area contributed by atoms with Gasteiger partial charge in [-0.1, -0.05) is 11.6 Å². The van der Waals surface area contributed by atoms with Gasteiger partial charge in [-0.25, -0.2) is 4.79 Å². The molecule has 0 aliphatic heterocycles. The van der Waals surface area contributed by atoms with Crippen LogP contribution in [0.15, 0.2) is 34.8 Å². The first kappa shape index (κ1) is 18.5. The number of aryl methyl sites for hydroxylation is 2. The maximum Gasteiger partial charge on any atom is 0.326 e. The summed E-state index contributed by atoms with van der Waals surface area (Å²) in [5.74, 6) is 0.581. The van der Waals surface area contributed by atoms with Crippen molar-refractivity contribution in [2.45, 2.75) is 6.92 Å². The average Bonchev–Trinajstić information content (AvgIpc) is 2.90. The zero-order chi connectivity index (χ0) is 19.0. The first-order chi connectivity index (χ1) is 12.3. The summed E-state index contributed by atoms with van der Waals surface area (Å²) in [5, 5.41) is 8.74. The molecule has 3 aromatic rings. The third kappa shape index (κ3) is 3.37. The zero-order valence-corrected chi connectivity index (χ0v) is 17.1. The second-order valence-electron chi connectivity index (χ2n) is 5.87. The van der Waals surface area contributed by atoms with Crippen molar-refractivity contribution in [1.29, 1.82) is 0 Å². The van der Waals surface area contributed by atoms with E-state index in [1.807, 2.05) is 36.9 Å². The SMILES string of the molecule is COc1cc(NC(=O)N(C)c2ccc3c(C)n(C)nc3c2)c(Cl)cc1Br. The van der Waals surface area contributed by atoms with Crippen LogP contribution in [0.1, 0.15) is 5.69 Å². The number of urea groups is 1. The van der Waals surface area contributed by atoms with Gasteiger partial charge in [-0.15, -0.1) is 0 Å². The van der Waals surface area contributed by atoms with Gasteiger partial charge in [0, 0.05) is 36.9 Å². The molecule has 0 atom stereocenters. The Morgan fingerprint density at radius 3 is 2.77 bits per heavy atom. The van der Waals surface area contributed by atoms with Crippen LogP contribution in [-0.4, -0.2) is 30.0 Å². The third-order valence-electron chi connectivity index (χ3n) is 4.29. The lowest BCUT2D eigenvalue weighted by atomic mass is 10.2. The molecular formula is C18H18BrClN4O2. The van der Waals surface area contributed by atoms with Gasteiger partial charge in [0.15, 0.2) is 0 Å². The van der Waals surface area contributed by atoms with Gasteiger partial charge in [-0.3, -0.25) is 9.58 Å². The molecule has 3 rings (SSSR count). The smallest absolute Gasteiger partial charge is 0.326 e. The van der Waals surface area contributed by atoms with Crippen molar-refractivity contribution in [3.05, 3.63) is 45.5 Å². The molecule has 26 heavy (non-hydrogen) atoms. The lowest BCUT2D eigenvalue weighted by Gasteiger charge is -2.19. The van der Waals surface area contributed by atoms with Crippen LogP contribution < -0.4 is 15.0 Å². The average molecular weight is 438 g/mol. The number of hydrogen-bond acceptors (Lipinski definition) is 3. The van der Waals surface area contributed by atoms with Crippen molar-refractivity contribution in [2.75, 3.05) is 24.4 Å². The maximum atomic E-state index is 12.6. The van der Waals surface area contributed by atoms with E-state index in [0.717, 1.165) is 22.3 Å². The first-order valence-electron chi connectivity index (χ1n) is 7.83. The first-order valence-corrected chi connectivity index (χ1v) is 9.00. The molecule has 1 heterocycles. The van der Waals surface area contributed by atoms with Gasteiger partial charge in [0.25, 0.3) is 0 Å². The highest BCUT2D eigenvalue weighted by Gasteiger charge is 2.16. The van der Waals surface area contributed by atoms with Crippen molar-refractivity contribution < 1.29 is 9.53 Å². The van der Waals surface area contributed by atoms with Gasteiger partial charge < -0.3 is 10.1 Å². The fourth-order valence-electron chi connectivity index (χ4n) is 2.63. The molecule has 0 saturated heterocycles. The molecule has 1 N–H and O–H groups in total. The van der Waals surface area contributed by atoms with Crippen LogP contribution in [-0.2, 0) is 7.05 Å². The molecule has 0 radical (unpaired) electrons. The molecule has 2 amide bonds. The molecule has 6 nitrogen and oxygen atoms in total. The normalized spacial score (nSPS) is 10.8. The number of fused-ring (bicyclic) bond motifs is 1. The maximum absolute atomic E-state index is 12.6. The van der Waals surface area contributed by atoms with E-state index in [4.69, 9.17) is 16.3 Å². The third-order valence-corrected chi connectivity index (χ3v) is 5.22. The highest BCUT2D eigenvalue weighted by atomic mass is 79.9. The molecule has 0 aliphatic rings. The number of nitrogens with one attached hydrogen (secondary N) is 1. The molecule has 0 fully saturated rings. The monoisotopic (exact) mass is 436 g/mol. The lowest BCUT2D eigenvalue weighted by molar-refractivity contribution is 0.258. The van der Waals surface area contributed by atoms with E-state index >= 15 is 0 Å². The number of carbonyl (C=O) groups excluding carboxylic acids is 1. The highest BCUT2D eigenvalue weighted by molar-refractivity contribution is 9.10. The quantitative estimate of drug-likeness (QED) is 0.629. The Morgan fingerprint density at radius 2 is 2.08 bits per heavy atom. The number of ether oxygens (including phenoxy) is 1. The van der Waals surface area contributed by atoms with Gasteiger partial charge in [0.05, 0.1) is 27.8 Å². The van der Waals surface area contributed by atoms with E-state index in [2.05, 4.69) is 26.3 Å². The number of amides is 2. The summed E-state index contributed by atoms with van der Waals surface area (Å²) in [6.07, 6.45) is 0. The van der Waals surface area contributed by atoms with Gasteiger partial charge >= 0.3 is 6.03 Å². The second-order valence-corrected chi connectivity index (χ2v) is 7.13. The highest BCUT2D eigenvalue weighted by Crippen LogP contribution is 2.34. The minimum absolute atomic E-state index is 0.316. The summed E-state index contributed by atoms with van der Waals surface area (Å²) >= 11 is 9.58. The predicted octanol–water partition coefficient (Wildman–Crippen LogP) is 4.97. The zero-order valence-electron chi connectivity index (χ0n) is 14.8. The summed E-state index contributed by atoms with van der Waals surface area (Å²) in [7, 11) is 5.14. The van der Waals surface area contributed by atoms with E-state index in [0.29, 0.717) is 20.9 Å². The fourth-order valence-corrected chi connectivity index (χ4v) is 3.47. The molecule has 0 unspecified atom stereocenters. The van der Waals surface area contributed by atoms with Crippen LogP contribution in [0.5, 0.6) is 5.75 Å². The molecule has 0 saturated carbocycles. The number of methoxy groups -OCH3 is 1. The minimum atomic E-state index is -0.316. The molecule has 0 spiro atoms. The second kappa shape index (κ2) is 7.17. The number of nitrogens with zero attached hydrogens (tertiary/aromatic N) is 3. The summed E-state index contributed by atoms with van der Waals surface area (Å²) in [4.78, 5) is 14.1. The number of anilines is 2. The molecule has 0 bridgehead atoms. The Hall–Kier alpha value is -2.25. The van der Waals surface area contributed by atoms with E-state index in [9.17, 15) is 4.79 Å². The standard InChI is InChI=1S/C18H18BrClN4O2/c1-10-12-6-5-11(7-15(12)22-24(10)3)23(2)18(25)21-16-9-17(26-4)13(19)8-14(16)20/h5-9H,1-4H3,(H,21,25). The van der Waals surface area contributed by atoms with E-state index in [-0.39, 0.29) is 6.03 Å². The van der Waals surface area contributed by atoms with Crippen LogP contribution >= 0.6 is 27.5 Å². The van der Waals surface area contributed by atoms with Crippen molar-refractivity contribution in [2.24, 2.45) is 7.05 Å². The van der Waals surface area contributed by atoms with Crippen molar-refractivity contribution in [1.82, 2.24) is 9.78 Å². The summed E-state index contributed by atoms with van der Waals surface area (Å²) in [6.45, 7) is 2.01. The van der Waals surface area contributed by atoms with Crippen molar-refractivity contribution in [3.8, 4) is 5.75 Å². The van der Waals surface area contributed by atoms with Crippen molar-refractivity contribution >= 4 is 55.8 Å². The number of benzene rings is 2. The Bertz CT molecular complexity index is 1000. The number of hydrogen-bond donors (Lipinski definition) is 1. The summed E-state index contributed by atoms with van der Waals surface area (Å²) in [6, 6.07) is 8.77. The van der Waals surface area contributed by atoms with Gasteiger partial charge in [0.1, 0.15) is 5.75 Å². The Labute approximate surface area is 164 Å². The predicted molar refractivity (Wildman–Crippen MR) is 109 cm³/mol. The molecule has 2 aromatic carbocycles. The lowest BCUT2D eigenvalue weighted by Crippen LogP contribution is -2.31. The number of carbonyl (C=O) groups is 1. The molecule has 136 valence electrons. The van der Waals surface area contributed by atoms with E-state index in [1.165, 1.54) is 4.90 Å². The van der Waals surface area contributed by atoms with E-state index < -0.39 is 0 Å². The van der Waals surface area contributed by atoms with Crippen LogP contribution in [0.25, 0.3) is 10.9 Å². The molecule has 8 heteroatoms. The van der Waals surface area contributed by atoms with Gasteiger partial charge in [0.2, 0.25) is 0 Å². The Kier molecular flexibility index (Phi) is 5.11. The Morgan fingerprint density at radius 1 is 1.35 bits per heavy atom. The van der Waals surface area contributed by atoms with Crippen LogP contribution in [0.3, 0.4) is 0 Å². The number of aromatic nitrogens is 2. The number of rotatable bonds is 3. The van der Waals surface area contributed by atoms with Crippen LogP contribution in [0, 0.1) is 6.92 Å². The topological polar surface area (TPSA) is 59.4 Å². The summed E-state index contributed by atoms with van der Waals surface area (Å²) in [5.41, 5.74) is 3.12.